The molecule has 0 aliphatic carbocycles. The van der Waals surface area contributed by atoms with Gasteiger partial charge in [0.15, 0.2) is 0 Å². The third kappa shape index (κ3) is 7.09. The SMILES string of the molecule is CC(C)CN(CC(=O)N(CCc1c[nH]c2ccccc12)Cc1ccccc1)C(=O)Nc1cccc(Cl)c1Cl. The Morgan fingerprint density at radius 2 is 1.66 bits per heavy atom. The number of aromatic amines is 1. The summed E-state index contributed by atoms with van der Waals surface area (Å²) < 4.78 is 0. The molecule has 0 atom stereocenters. The Labute approximate surface area is 233 Å². The number of anilines is 1. The van der Waals surface area contributed by atoms with Crippen LogP contribution in [0.4, 0.5) is 10.5 Å². The molecule has 4 aromatic rings. The molecule has 0 spiro atoms. The van der Waals surface area contributed by atoms with Crippen LogP contribution in [0.15, 0.2) is 79.0 Å². The van der Waals surface area contributed by atoms with Crippen molar-refractivity contribution in [2.24, 2.45) is 5.92 Å². The fourth-order valence-corrected chi connectivity index (χ4v) is 4.76. The number of hydrogen-bond donors (Lipinski definition) is 2. The number of urea groups is 1. The molecule has 0 saturated carbocycles. The van der Waals surface area contributed by atoms with Crippen LogP contribution in [-0.2, 0) is 17.8 Å². The van der Waals surface area contributed by atoms with Gasteiger partial charge in [0.2, 0.25) is 5.91 Å². The van der Waals surface area contributed by atoms with Crippen LogP contribution in [0, 0.1) is 5.92 Å². The number of rotatable bonds is 10. The van der Waals surface area contributed by atoms with Gasteiger partial charge < -0.3 is 20.1 Å². The standard InChI is InChI=1S/C30H32Cl2N4O2/c1-21(2)18-36(30(38)34-27-14-8-12-25(31)29(27)32)20-28(37)35(19-22-9-4-3-5-10-22)16-15-23-17-33-26-13-7-6-11-24(23)26/h3-14,17,21,33H,15-16,18-20H2,1-2H3,(H,34,38). The third-order valence-electron chi connectivity index (χ3n) is 6.29. The van der Waals surface area contributed by atoms with Crippen molar-refractivity contribution in [3.05, 3.63) is 100 Å². The lowest BCUT2D eigenvalue weighted by Crippen LogP contribution is -2.46. The van der Waals surface area contributed by atoms with Crippen molar-refractivity contribution >= 4 is 51.7 Å². The van der Waals surface area contributed by atoms with Gasteiger partial charge in [-0.25, -0.2) is 4.79 Å². The fraction of sp³-hybridized carbons (Fsp3) is 0.267. The van der Waals surface area contributed by atoms with Crippen LogP contribution in [0.25, 0.3) is 10.9 Å². The number of nitrogens with one attached hydrogen (secondary N) is 2. The summed E-state index contributed by atoms with van der Waals surface area (Å²) in [4.78, 5) is 33.6. The largest absolute Gasteiger partial charge is 0.361 e. The molecule has 0 aliphatic heterocycles. The molecule has 8 heteroatoms. The third-order valence-corrected chi connectivity index (χ3v) is 7.11. The topological polar surface area (TPSA) is 68.4 Å². The Hall–Kier alpha value is -3.48. The van der Waals surface area contributed by atoms with E-state index in [9.17, 15) is 9.59 Å². The molecular weight excluding hydrogens is 519 g/mol. The van der Waals surface area contributed by atoms with E-state index in [0.29, 0.717) is 36.8 Å². The second-order valence-corrected chi connectivity index (χ2v) is 10.5. The number of halogens is 2. The van der Waals surface area contributed by atoms with Crippen molar-refractivity contribution in [3.8, 4) is 0 Å². The number of para-hydroxylation sites is 1. The van der Waals surface area contributed by atoms with E-state index in [-0.39, 0.29) is 23.4 Å². The van der Waals surface area contributed by atoms with Crippen molar-refractivity contribution in [3.63, 3.8) is 0 Å². The zero-order chi connectivity index (χ0) is 27.1. The van der Waals surface area contributed by atoms with Gasteiger partial charge >= 0.3 is 6.03 Å². The summed E-state index contributed by atoms with van der Waals surface area (Å²) in [6, 6.07) is 22.7. The number of carbonyl (C=O) groups is 2. The van der Waals surface area contributed by atoms with E-state index in [1.165, 1.54) is 4.90 Å². The highest BCUT2D eigenvalue weighted by Crippen LogP contribution is 2.29. The summed E-state index contributed by atoms with van der Waals surface area (Å²) in [5, 5.41) is 4.59. The summed E-state index contributed by atoms with van der Waals surface area (Å²) in [5.74, 6) is 0.0406. The maximum atomic E-state index is 13.7. The van der Waals surface area contributed by atoms with E-state index in [0.717, 1.165) is 22.0 Å². The first-order valence-corrected chi connectivity index (χ1v) is 13.4. The molecule has 0 bridgehead atoms. The second-order valence-electron chi connectivity index (χ2n) is 9.72. The van der Waals surface area contributed by atoms with Crippen LogP contribution < -0.4 is 5.32 Å². The first kappa shape index (κ1) is 27.6. The van der Waals surface area contributed by atoms with Gasteiger partial charge in [0, 0.05) is 36.7 Å². The fourth-order valence-electron chi connectivity index (χ4n) is 4.41. The predicted molar refractivity (Wildman–Crippen MR) is 156 cm³/mol. The number of fused-ring (bicyclic) bond motifs is 1. The maximum absolute atomic E-state index is 13.7. The normalized spacial score (nSPS) is 11.1. The van der Waals surface area contributed by atoms with E-state index in [2.05, 4.69) is 16.4 Å². The van der Waals surface area contributed by atoms with Crippen LogP contribution in [0.5, 0.6) is 0 Å². The van der Waals surface area contributed by atoms with E-state index in [1.807, 2.05) is 73.5 Å². The molecular formula is C30H32Cl2N4O2. The summed E-state index contributed by atoms with van der Waals surface area (Å²) in [7, 11) is 0. The van der Waals surface area contributed by atoms with Gasteiger partial charge in [-0.1, -0.05) is 91.6 Å². The van der Waals surface area contributed by atoms with E-state index < -0.39 is 6.03 Å². The number of nitrogens with zero attached hydrogens (tertiary/aromatic N) is 2. The van der Waals surface area contributed by atoms with Crippen molar-refractivity contribution in [2.75, 3.05) is 25.0 Å². The van der Waals surface area contributed by atoms with E-state index >= 15 is 0 Å². The highest BCUT2D eigenvalue weighted by atomic mass is 35.5. The number of benzene rings is 3. The molecule has 38 heavy (non-hydrogen) atoms. The highest BCUT2D eigenvalue weighted by Gasteiger charge is 2.23. The Morgan fingerprint density at radius 1 is 0.921 bits per heavy atom. The van der Waals surface area contributed by atoms with E-state index in [1.54, 1.807) is 18.2 Å². The van der Waals surface area contributed by atoms with Crippen molar-refractivity contribution < 1.29 is 9.59 Å². The Morgan fingerprint density at radius 3 is 2.42 bits per heavy atom. The molecule has 3 aromatic carbocycles. The van der Waals surface area contributed by atoms with Gasteiger partial charge in [-0.15, -0.1) is 0 Å². The van der Waals surface area contributed by atoms with Crippen LogP contribution >= 0.6 is 23.2 Å². The Kier molecular flexibility index (Phi) is 9.32. The molecule has 4 rings (SSSR count). The lowest BCUT2D eigenvalue weighted by atomic mass is 10.1. The lowest BCUT2D eigenvalue weighted by Gasteiger charge is -2.29. The first-order valence-electron chi connectivity index (χ1n) is 12.7. The smallest absolute Gasteiger partial charge is 0.322 e. The summed E-state index contributed by atoms with van der Waals surface area (Å²) in [5.41, 5.74) is 3.66. The minimum Gasteiger partial charge on any atom is -0.361 e. The molecule has 0 fully saturated rings. The quantitative estimate of drug-likeness (QED) is 0.218. The average Bonchev–Trinajstić information content (AvgIpc) is 3.32. The van der Waals surface area contributed by atoms with Crippen LogP contribution in [0.3, 0.4) is 0 Å². The molecule has 1 aromatic heterocycles. The summed E-state index contributed by atoms with van der Waals surface area (Å²) in [6.45, 7) is 5.36. The molecule has 0 aliphatic rings. The van der Waals surface area contributed by atoms with E-state index in [4.69, 9.17) is 23.2 Å². The van der Waals surface area contributed by atoms with Gasteiger partial charge in [0.1, 0.15) is 6.54 Å². The molecule has 3 amide bonds. The highest BCUT2D eigenvalue weighted by molar-refractivity contribution is 6.43. The monoisotopic (exact) mass is 550 g/mol. The average molecular weight is 552 g/mol. The van der Waals surface area contributed by atoms with Gasteiger partial charge in [0.25, 0.3) is 0 Å². The van der Waals surface area contributed by atoms with Gasteiger partial charge in [0.05, 0.1) is 15.7 Å². The number of hydrogen-bond acceptors (Lipinski definition) is 2. The van der Waals surface area contributed by atoms with Crippen LogP contribution in [-0.4, -0.2) is 46.4 Å². The molecule has 0 saturated heterocycles. The van der Waals surface area contributed by atoms with Gasteiger partial charge in [-0.05, 0) is 41.7 Å². The van der Waals surface area contributed by atoms with Crippen molar-refractivity contribution in [1.82, 2.24) is 14.8 Å². The van der Waals surface area contributed by atoms with Crippen molar-refractivity contribution in [2.45, 2.75) is 26.8 Å². The summed E-state index contributed by atoms with van der Waals surface area (Å²) >= 11 is 12.4. The van der Waals surface area contributed by atoms with Gasteiger partial charge in [-0.2, -0.15) is 0 Å². The first-order chi connectivity index (χ1) is 18.3. The van der Waals surface area contributed by atoms with Gasteiger partial charge in [-0.3, -0.25) is 4.79 Å². The minimum atomic E-state index is -0.396. The molecule has 6 nitrogen and oxygen atoms in total. The molecule has 198 valence electrons. The lowest BCUT2D eigenvalue weighted by molar-refractivity contribution is -0.132. The number of H-pyrrole nitrogens is 1. The zero-order valence-corrected chi connectivity index (χ0v) is 23.1. The molecule has 0 radical (unpaired) electrons. The predicted octanol–water partition coefficient (Wildman–Crippen LogP) is 7.24. The Balaban J connectivity index is 1.52. The summed E-state index contributed by atoms with van der Waals surface area (Å²) in [6.07, 6.45) is 2.69. The molecule has 2 N–H and O–H groups in total. The molecule has 1 heterocycles. The Bertz CT molecular complexity index is 1390. The minimum absolute atomic E-state index is 0.0527. The number of amides is 3. The number of carbonyl (C=O) groups excluding carboxylic acids is 2. The molecule has 0 unspecified atom stereocenters. The maximum Gasteiger partial charge on any atom is 0.322 e. The van der Waals surface area contributed by atoms with Crippen LogP contribution in [0.2, 0.25) is 10.0 Å². The second kappa shape index (κ2) is 12.9. The number of aromatic nitrogens is 1. The van der Waals surface area contributed by atoms with Crippen molar-refractivity contribution in [1.29, 1.82) is 0 Å². The zero-order valence-electron chi connectivity index (χ0n) is 21.6. The van der Waals surface area contributed by atoms with Crippen LogP contribution in [0.1, 0.15) is 25.0 Å².